The molecule has 0 spiro atoms. The Morgan fingerprint density at radius 3 is 2.50 bits per heavy atom. The second-order valence-electron chi connectivity index (χ2n) is 9.32. The van der Waals surface area contributed by atoms with Crippen molar-refractivity contribution in [1.29, 1.82) is 0 Å². The summed E-state index contributed by atoms with van der Waals surface area (Å²) in [4.78, 5) is 29.7. The molecule has 1 aromatic heterocycles. The Labute approximate surface area is 247 Å². The Hall–Kier alpha value is -4.01. The summed E-state index contributed by atoms with van der Waals surface area (Å²) in [5, 5.41) is 7.04. The van der Waals surface area contributed by atoms with Crippen molar-refractivity contribution in [2.45, 2.75) is 6.92 Å². The van der Waals surface area contributed by atoms with Crippen LogP contribution in [0.25, 0.3) is 11.3 Å². The summed E-state index contributed by atoms with van der Waals surface area (Å²) in [6, 6.07) is 6.92. The van der Waals surface area contributed by atoms with Crippen molar-refractivity contribution in [2.75, 3.05) is 44.6 Å². The number of methoxy groups -OCH3 is 1. The van der Waals surface area contributed by atoms with Gasteiger partial charge in [-0.2, -0.15) is 4.39 Å². The Kier molecular flexibility index (Phi) is 10.7. The van der Waals surface area contributed by atoms with Gasteiger partial charge in [0, 0.05) is 50.9 Å². The molecule has 0 atom stereocenters. The van der Waals surface area contributed by atoms with E-state index in [4.69, 9.17) is 16.3 Å². The summed E-state index contributed by atoms with van der Waals surface area (Å²) in [6.45, 7) is 2.18. The highest BCUT2D eigenvalue weighted by atomic mass is 35.5. The fourth-order valence-electron chi connectivity index (χ4n) is 3.85. The molecule has 0 aliphatic heterocycles. The van der Waals surface area contributed by atoms with Crippen LogP contribution < -0.4 is 20.8 Å². The number of anilines is 1. The first-order valence-corrected chi connectivity index (χ1v) is 14.9. The molecule has 15 heteroatoms. The summed E-state index contributed by atoms with van der Waals surface area (Å²) in [5.41, 5.74) is 4.13. The lowest BCUT2D eigenvalue weighted by Crippen LogP contribution is -2.35. The van der Waals surface area contributed by atoms with Gasteiger partial charge in [0.2, 0.25) is 5.82 Å². The maximum Gasteiger partial charge on any atom is 0.291 e. The van der Waals surface area contributed by atoms with Crippen LogP contribution in [0.4, 0.5) is 14.5 Å². The van der Waals surface area contributed by atoms with Crippen LogP contribution in [-0.2, 0) is 16.9 Å². The topological polar surface area (TPSA) is 135 Å². The van der Waals surface area contributed by atoms with Gasteiger partial charge in [0.15, 0.2) is 17.4 Å². The van der Waals surface area contributed by atoms with Gasteiger partial charge in [-0.3, -0.25) is 9.59 Å². The van der Waals surface area contributed by atoms with E-state index < -0.39 is 33.3 Å². The smallest absolute Gasteiger partial charge is 0.291 e. The lowest BCUT2D eigenvalue weighted by molar-refractivity contribution is 0.0956. The number of amides is 2. The minimum Gasteiger partial charge on any atom is -0.494 e. The van der Waals surface area contributed by atoms with Crippen molar-refractivity contribution in [3.8, 4) is 17.0 Å². The highest BCUT2D eigenvalue weighted by molar-refractivity contribution is 7.90. The zero-order chi connectivity index (χ0) is 31.2. The molecule has 1 heterocycles. The lowest BCUT2D eigenvalue weighted by atomic mass is 10.1. The van der Waals surface area contributed by atoms with E-state index in [1.54, 1.807) is 25.2 Å². The molecule has 3 N–H and O–H groups in total. The molecule has 0 saturated carbocycles. The second kappa shape index (κ2) is 13.8. The number of ether oxygens (including phenoxy) is 1. The molecule has 2 aromatic carbocycles. The summed E-state index contributed by atoms with van der Waals surface area (Å²) in [7, 11) is 1.23. The quantitative estimate of drug-likeness (QED) is 0.261. The van der Waals surface area contributed by atoms with Gasteiger partial charge in [-0.15, -0.1) is 0 Å². The summed E-state index contributed by atoms with van der Waals surface area (Å²) in [6.07, 6.45) is 4.09. The Morgan fingerprint density at radius 2 is 1.88 bits per heavy atom. The van der Waals surface area contributed by atoms with Crippen LogP contribution in [0.5, 0.6) is 5.75 Å². The van der Waals surface area contributed by atoms with Crippen LogP contribution in [0.15, 0.2) is 48.3 Å². The van der Waals surface area contributed by atoms with Gasteiger partial charge >= 0.3 is 0 Å². The number of hydrazine groups is 1. The van der Waals surface area contributed by atoms with Crippen LogP contribution in [0.2, 0.25) is 5.02 Å². The van der Waals surface area contributed by atoms with Gasteiger partial charge in [-0.05, 0) is 42.8 Å². The van der Waals surface area contributed by atoms with Gasteiger partial charge in [0.1, 0.15) is 9.84 Å². The van der Waals surface area contributed by atoms with E-state index in [2.05, 4.69) is 21.0 Å². The van der Waals surface area contributed by atoms with Gasteiger partial charge in [0.05, 0.1) is 35.3 Å². The Morgan fingerprint density at radius 1 is 1.17 bits per heavy atom. The number of aromatic nitrogens is 2. The van der Waals surface area contributed by atoms with E-state index in [-0.39, 0.29) is 57.9 Å². The third-order valence-electron chi connectivity index (χ3n) is 6.10. The molecule has 3 rings (SSSR count). The van der Waals surface area contributed by atoms with E-state index in [1.807, 2.05) is 0 Å². The number of hydrogen-bond donors (Lipinski definition) is 3. The van der Waals surface area contributed by atoms with Crippen molar-refractivity contribution in [3.63, 3.8) is 0 Å². The maximum atomic E-state index is 14.6. The van der Waals surface area contributed by atoms with Crippen molar-refractivity contribution >= 4 is 38.9 Å². The van der Waals surface area contributed by atoms with Gasteiger partial charge in [-0.25, -0.2) is 23.2 Å². The van der Waals surface area contributed by atoms with E-state index in [1.165, 1.54) is 55.3 Å². The molecule has 0 unspecified atom stereocenters. The monoisotopic (exact) mass is 624 g/mol. The molecule has 2 amide bonds. The molecule has 0 bridgehead atoms. The molecule has 0 radical (unpaired) electrons. The zero-order valence-corrected chi connectivity index (χ0v) is 25.2. The Bertz CT molecular complexity index is 1630. The van der Waals surface area contributed by atoms with E-state index in [0.29, 0.717) is 0 Å². The second-order valence-corrected chi connectivity index (χ2v) is 12.0. The van der Waals surface area contributed by atoms with Crippen molar-refractivity contribution < 1.29 is 31.5 Å². The van der Waals surface area contributed by atoms with E-state index >= 15 is 0 Å². The van der Waals surface area contributed by atoms with Crippen LogP contribution in [-0.4, -0.2) is 74.0 Å². The molecule has 11 nitrogen and oxygen atoms in total. The van der Waals surface area contributed by atoms with Crippen molar-refractivity contribution in [1.82, 2.24) is 25.3 Å². The first-order valence-electron chi connectivity index (χ1n) is 12.5. The predicted molar refractivity (Wildman–Crippen MR) is 156 cm³/mol. The fraction of sp³-hybridized carbons (Fsp3) is 0.296. The van der Waals surface area contributed by atoms with Gasteiger partial charge in [0.25, 0.3) is 11.8 Å². The molecular weight excluding hydrogens is 594 g/mol. The van der Waals surface area contributed by atoms with Crippen LogP contribution in [0.1, 0.15) is 27.9 Å². The average molecular weight is 625 g/mol. The highest BCUT2D eigenvalue weighted by Gasteiger charge is 2.22. The zero-order valence-electron chi connectivity index (χ0n) is 23.6. The predicted octanol–water partition coefficient (Wildman–Crippen LogP) is 3.39. The van der Waals surface area contributed by atoms with E-state index in [0.717, 1.165) is 11.8 Å². The van der Waals surface area contributed by atoms with Crippen molar-refractivity contribution in [2.24, 2.45) is 7.05 Å². The van der Waals surface area contributed by atoms with Crippen molar-refractivity contribution in [3.05, 3.63) is 76.3 Å². The van der Waals surface area contributed by atoms with Gasteiger partial charge in [-0.1, -0.05) is 11.6 Å². The molecule has 3 aromatic rings. The maximum absolute atomic E-state index is 14.6. The third kappa shape index (κ3) is 8.05. The molecular formula is C27H31ClF2N6O5S. The Balaban J connectivity index is 1.66. The van der Waals surface area contributed by atoms with Crippen LogP contribution in [0, 0.1) is 11.6 Å². The van der Waals surface area contributed by atoms with E-state index in [9.17, 15) is 26.8 Å². The number of imidazole rings is 1. The summed E-state index contributed by atoms with van der Waals surface area (Å²) < 4.78 is 57.7. The number of carbonyl (C=O) groups excluding carboxylic acids is 2. The fourth-order valence-corrected chi connectivity index (χ4v) is 4.65. The van der Waals surface area contributed by atoms with Crippen LogP contribution >= 0.6 is 11.6 Å². The van der Waals surface area contributed by atoms with Crippen LogP contribution in [0.3, 0.4) is 0 Å². The first kappa shape index (κ1) is 32.5. The number of nitrogens with zero attached hydrogens (tertiary/aromatic N) is 3. The summed E-state index contributed by atoms with van der Waals surface area (Å²) >= 11 is 6.32. The minimum atomic E-state index is -3.13. The standard InChI is InChI=1S/C27H31ClF2N6O5S/c1-16(15-36(31-2)10-11-42(5,39)40)13-33-26(37)18-7-6-17(12-20(18)28)34-27(38)25-32-14-21(35(25)3)19-8-9-22(41-4)24(30)23(19)29/h6-9,12,14-15,31H,10-11,13H2,1-5H3,(H,33,37)(H,34,38)/b16-15+. The average Bonchev–Trinajstić information content (AvgIpc) is 3.31. The number of nitrogens with one attached hydrogen (secondary N) is 3. The number of sulfone groups is 1. The number of benzene rings is 2. The SMILES string of the molecule is CNN(/C=C(\C)CNC(=O)c1ccc(NC(=O)c2ncc(-c3ccc(OC)c(F)c3F)n2C)cc1Cl)CCS(C)(=O)=O. The molecule has 0 saturated heterocycles. The minimum absolute atomic E-state index is 0.0367. The highest BCUT2D eigenvalue weighted by Crippen LogP contribution is 2.30. The number of carbonyl (C=O) groups is 2. The molecule has 42 heavy (non-hydrogen) atoms. The number of hydrogen-bond acceptors (Lipinski definition) is 8. The molecule has 0 fully saturated rings. The molecule has 226 valence electrons. The molecule has 0 aliphatic rings. The third-order valence-corrected chi connectivity index (χ3v) is 7.34. The normalized spacial score (nSPS) is 11.8. The largest absolute Gasteiger partial charge is 0.494 e. The lowest BCUT2D eigenvalue weighted by Gasteiger charge is -2.20. The summed E-state index contributed by atoms with van der Waals surface area (Å²) in [5.74, 6) is -3.76. The number of rotatable bonds is 12. The number of halogens is 3. The molecule has 0 aliphatic carbocycles. The van der Waals surface area contributed by atoms with Gasteiger partial charge < -0.3 is 24.9 Å². The first-order chi connectivity index (χ1) is 19.7.